The van der Waals surface area contributed by atoms with Crippen molar-refractivity contribution in [1.82, 2.24) is 0 Å². The van der Waals surface area contributed by atoms with Gasteiger partial charge in [0.2, 0.25) is 0 Å². The van der Waals surface area contributed by atoms with Gasteiger partial charge in [-0.1, -0.05) is 15.8 Å². The minimum Gasteiger partial charge on any atom is -0.245 e. The van der Waals surface area contributed by atoms with E-state index in [1.807, 2.05) is 0 Å². The fourth-order valence-corrected chi connectivity index (χ4v) is 0.811. The van der Waals surface area contributed by atoms with Gasteiger partial charge in [-0.15, -0.1) is 0 Å². The van der Waals surface area contributed by atoms with Crippen molar-refractivity contribution in [1.29, 1.82) is 0 Å². The van der Waals surface area contributed by atoms with Crippen molar-refractivity contribution in [2.24, 2.45) is 0 Å². The average molecular weight is 191 g/mol. The monoisotopic (exact) mass is 191 g/mol. The van der Waals surface area contributed by atoms with Gasteiger partial charge in [0, 0.05) is 0 Å². The molecule has 0 N–H and O–H groups in total. The van der Waals surface area contributed by atoms with Gasteiger partial charge in [0.05, 0.1) is 6.61 Å². The largest absolute Gasteiger partial charge is 0.245 e. The van der Waals surface area contributed by atoms with Gasteiger partial charge >= 0.3 is 0 Å². The molecule has 0 heterocycles. The standard InChI is InChI=1S/C8H8F3NO/c1-2-13-12(11)7-5-3-4-6(9)8(7)10/h3-5H,2H2,1H3. The normalized spacial score (nSPS) is 10.2. The Morgan fingerprint density at radius 2 is 2.08 bits per heavy atom. The van der Waals surface area contributed by atoms with Crippen LogP contribution >= 0.6 is 0 Å². The lowest BCUT2D eigenvalue weighted by Crippen LogP contribution is -2.14. The summed E-state index contributed by atoms with van der Waals surface area (Å²) in [6, 6.07) is 3.17. The number of halogens is 3. The molecular weight excluding hydrogens is 183 g/mol. The van der Waals surface area contributed by atoms with Gasteiger partial charge in [-0.2, -0.15) is 0 Å². The molecule has 5 heteroatoms. The van der Waals surface area contributed by atoms with Crippen molar-refractivity contribution >= 4 is 5.69 Å². The predicted octanol–water partition coefficient (Wildman–Crippen LogP) is 2.61. The van der Waals surface area contributed by atoms with Crippen LogP contribution in [-0.4, -0.2) is 6.61 Å². The molecule has 0 radical (unpaired) electrons. The smallest absolute Gasteiger partial charge is 0.187 e. The molecule has 0 aliphatic heterocycles. The highest BCUT2D eigenvalue weighted by molar-refractivity contribution is 5.43. The third kappa shape index (κ3) is 2.12. The molecule has 0 unspecified atom stereocenters. The molecule has 2 nitrogen and oxygen atoms in total. The third-order valence-corrected chi connectivity index (χ3v) is 1.36. The van der Waals surface area contributed by atoms with Crippen LogP contribution in [0.25, 0.3) is 0 Å². The molecule has 0 atom stereocenters. The number of hydrogen-bond acceptors (Lipinski definition) is 2. The Balaban J connectivity index is 2.93. The van der Waals surface area contributed by atoms with Crippen molar-refractivity contribution < 1.29 is 18.1 Å². The van der Waals surface area contributed by atoms with Gasteiger partial charge < -0.3 is 0 Å². The Hall–Kier alpha value is -1.23. The van der Waals surface area contributed by atoms with Gasteiger partial charge in [0.15, 0.2) is 11.6 Å². The summed E-state index contributed by atoms with van der Waals surface area (Å²) in [5.41, 5.74) is -0.568. The second-order valence-corrected chi connectivity index (χ2v) is 2.24. The van der Waals surface area contributed by atoms with Gasteiger partial charge in [-0.25, -0.2) is 13.6 Å². The van der Waals surface area contributed by atoms with E-state index in [1.165, 1.54) is 13.0 Å². The fraction of sp³-hybridized carbons (Fsp3) is 0.250. The number of nitrogens with zero attached hydrogens (tertiary/aromatic N) is 1. The van der Waals surface area contributed by atoms with Crippen LogP contribution in [0.1, 0.15) is 6.92 Å². The maximum absolute atomic E-state index is 12.8. The van der Waals surface area contributed by atoms with Crippen molar-refractivity contribution in [2.45, 2.75) is 6.92 Å². The summed E-state index contributed by atoms with van der Waals surface area (Å²) in [5, 5.41) is -0.293. The predicted molar refractivity (Wildman–Crippen MR) is 41.6 cm³/mol. The summed E-state index contributed by atoms with van der Waals surface area (Å²) in [5.74, 6) is -2.38. The number of anilines is 1. The Morgan fingerprint density at radius 1 is 1.38 bits per heavy atom. The zero-order valence-corrected chi connectivity index (χ0v) is 6.93. The lowest BCUT2D eigenvalue weighted by molar-refractivity contribution is 0.0252. The zero-order chi connectivity index (χ0) is 9.84. The molecule has 0 aliphatic carbocycles. The van der Waals surface area contributed by atoms with Crippen LogP contribution in [0.2, 0.25) is 0 Å². The van der Waals surface area contributed by atoms with E-state index in [2.05, 4.69) is 4.84 Å². The Labute approximate surface area is 73.4 Å². The molecule has 1 aromatic rings. The summed E-state index contributed by atoms with van der Waals surface area (Å²) in [4.78, 5) is 4.32. The van der Waals surface area contributed by atoms with Crippen molar-refractivity contribution in [3.05, 3.63) is 29.8 Å². The molecule has 1 rings (SSSR count). The van der Waals surface area contributed by atoms with Crippen LogP contribution in [0, 0.1) is 11.6 Å². The molecule has 72 valence electrons. The molecule has 0 spiro atoms. The first-order valence-electron chi connectivity index (χ1n) is 3.69. The van der Waals surface area contributed by atoms with E-state index in [9.17, 15) is 13.3 Å². The quantitative estimate of drug-likeness (QED) is 0.537. The SMILES string of the molecule is CCON(F)c1cccc(F)c1F. The number of rotatable bonds is 3. The summed E-state index contributed by atoms with van der Waals surface area (Å²) < 4.78 is 38.2. The summed E-state index contributed by atoms with van der Waals surface area (Å²) >= 11 is 0. The van der Waals surface area contributed by atoms with E-state index in [0.717, 1.165) is 12.1 Å². The van der Waals surface area contributed by atoms with Crippen LogP contribution in [0.5, 0.6) is 0 Å². The van der Waals surface area contributed by atoms with Crippen LogP contribution < -0.4 is 5.29 Å². The first kappa shape index (κ1) is 9.85. The topological polar surface area (TPSA) is 12.5 Å². The molecule has 0 saturated heterocycles. The first-order chi connectivity index (χ1) is 6.16. The maximum atomic E-state index is 12.8. The number of hydrogen-bond donors (Lipinski definition) is 0. The average Bonchev–Trinajstić information content (AvgIpc) is 2.10. The summed E-state index contributed by atoms with van der Waals surface area (Å²) in [6.45, 7) is 1.57. The van der Waals surface area contributed by atoms with Gasteiger partial charge in [-0.05, 0) is 19.1 Å². The first-order valence-corrected chi connectivity index (χ1v) is 3.69. The molecule has 0 aromatic heterocycles. The van der Waals surface area contributed by atoms with Crippen LogP contribution in [-0.2, 0) is 4.84 Å². The van der Waals surface area contributed by atoms with Crippen LogP contribution in [0.4, 0.5) is 18.9 Å². The van der Waals surface area contributed by atoms with Crippen molar-refractivity contribution in [3.8, 4) is 0 Å². The van der Waals surface area contributed by atoms with E-state index in [4.69, 9.17) is 0 Å². The van der Waals surface area contributed by atoms with E-state index in [1.54, 1.807) is 0 Å². The van der Waals surface area contributed by atoms with Gasteiger partial charge in [0.1, 0.15) is 5.69 Å². The van der Waals surface area contributed by atoms with Gasteiger partial charge in [-0.3, -0.25) is 0 Å². The second kappa shape index (κ2) is 4.13. The Morgan fingerprint density at radius 3 is 2.69 bits per heavy atom. The fourth-order valence-electron chi connectivity index (χ4n) is 0.811. The van der Waals surface area contributed by atoms with Crippen LogP contribution in [0.15, 0.2) is 18.2 Å². The maximum Gasteiger partial charge on any atom is 0.187 e. The van der Waals surface area contributed by atoms with E-state index >= 15 is 0 Å². The molecule has 0 amide bonds. The number of benzene rings is 1. The zero-order valence-electron chi connectivity index (χ0n) is 6.93. The molecular formula is C8H8F3NO. The highest BCUT2D eigenvalue weighted by Crippen LogP contribution is 2.21. The summed E-state index contributed by atoms with van der Waals surface area (Å²) in [6.07, 6.45) is 0. The lowest BCUT2D eigenvalue weighted by Gasteiger charge is -2.12. The molecule has 0 aliphatic rings. The highest BCUT2D eigenvalue weighted by Gasteiger charge is 2.14. The Bertz CT molecular complexity index is 293. The summed E-state index contributed by atoms with van der Waals surface area (Å²) in [7, 11) is 0. The molecule has 0 bridgehead atoms. The van der Waals surface area contributed by atoms with E-state index in [0.29, 0.717) is 0 Å². The second-order valence-electron chi connectivity index (χ2n) is 2.24. The lowest BCUT2D eigenvalue weighted by atomic mass is 10.3. The van der Waals surface area contributed by atoms with E-state index in [-0.39, 0.29) is 11.9 Å². The molecule has 13 heavy (non-hydrogen) atoms. The molecule has 0 fully saturated rings. The van der Waals surface area contributed by atoms with Gasteiger partial charge in [0.25, 0.3) is 0 Å². The minimum atomic E-state index is -1.27. The van der Waals surface area contributed by atoms with E-state index < -0.39 is 17.3 Å². The van der Waals surface area contributed by atoms with Crippen molar-refractivity contribution in [3.63, 3.8) is 0 Å². The van der Waals surface area contributed by atoms with Crippen LogP contribution in [0.3, 0.4) is 0 Å². The third-order valence-electron chi connectivity index (χ3n) is 1.36. The minimum absolute atomic E-state index is 0.0342. The molecule has 0 saturated carbocycles. The highest BCUT2D eigenvalue weighted by atomic mass is 19.2. The van der Waals surface area contributed by atoms with Crippen molar-refractivity contribution in [2.75, 3.05) is 11.9 Å². The Kier molecular flexibility index (Phi) is 3.13. The molecule has 1 aromatic carbocycles.